The van der Waals surface area contributed by atoms with Crippen LogP contribution in [-0.4, -0.2) is 41.2 Å². The van der Waals surface area contributed by atoms with E-state index in [-0.39, 0.29) is 5.54 Å². The third-order valence-electron chi connectivity index (χ3n) is 5.61. The molecule has 5 heteroatoms. The van der Waals surface area contributed by atoms with E-state index in [0.717, 1.165) is 10.9 Å². The molecule has 0 aliphatic heterocycles. The number of hydrogen-bond donors (Lipinski definition) is 2. The lowest BCUT2D eigenvalue weighted by molar-refractivity contribution is 0.138. The smallest absolute Gasteiger partial charge is 0.0800 e. The van der Waals surface area contributed by atoms with Gasteiger partial charge in [-0.1, -0.05) is 40.2 Å². The molecular weight excluding hydrogens is 444 g/mol. The van der Waals surface area contributed by atoms with Gasteiger partial charge in [0, 0.05) is 28.0 Å². The van der Waals surface area contributed by atoms with Crippen molar-refractivity contribution < 1.29 is 5.11 Å². The first-order valence-electron chi connectivity index (χ1n) is 10.4. The first-order chi connectivity index (χ1) is 13.7. The maximum Gasteiger partial charge on any atom is 0.0800 e. The highest BCUT2D eigenvalue weighted by Crippen LogP contribution is 2.32. The number of hydrogen-bond acceptors (Lipinski definition) is 4. The topological polar surface area (TPSA) is 35.5 Å². The average Bonchev–Trinajstić information content (AvgIpc) is 3.04. The van der Waals surface area contributed by atoms with Gasteiger partial charge in [-0.3, -0.25) is 0 Å². The van der Waals surface area contributed by atoms with Crippen molar-refractivity contribution in [3.63, 3.8) is 0 Å². The summed E-state index contributed by atoms with van der Waals surface area (Å²) in [5, 5.41) is 14.1. The van der Waals surface area contributed by atoms with Crippen LogP contribution in [0.1, 0.15) is 37.0 Å². The largest absolute Gasteiger partial charge is 0.390 e. The number of β-amino-alcohol motifs (C(OH)–C–C–N with tert-alkyl or cyclic N) is 1. The zero-order valence-corrected chi connectivity index (χ0v) is 20.3. The summed E-state index contributed by atoms with van der Waals surface area (Å²) in [6, 6.07) is 15.2. The minimum absolute atomic E-state index is 0.0161. The Morgan fingerprint density at radius 3 is 2.48 bits per heavy atom. The molecule has 1 aliphatic carbocycles. The third-order valence-corrected chi connectivity index (χ3v) is 7.42. The fraction of sp³-hybridized carbons (Fsp3) is 0.500. The quantitative estimate of drug-likeness (QED) is 0.485. The van der Waals surface area contributed by atoms with Crippen molar-refractivity contribution in [1.29, 1.82) is 0 Å². The van der Waals surface area contributed by atoms with Crippen molar-refractivity contribution in [2.24, 2.45) is 5.92 Å². The number of nitrogens with one attached hydrogen (secondary N) is 1. The Labute approximate surface area is 188 Å². The molecule has 2 aromatic carbocycles. The summed E-state index contributed by atoms with van der Waals surface area (Å²) in [4.78, 5) is 1.19. The number of likely N-dealkylation sites (N-methyl/N-ethyl adjacent to an activating group) is 1. The average molecular weight is 478 g/mol. The summed E-state index contributed by atoms with van der Waals surface area (Å²) in [5.41, 5.74) is 4.26. The third kappa shape index (κ3) is 6.83. The first kappa shape index (κ1) is 22.8. The number of aryl methyl sites for hydroxylation is 1. The molecule has 0 saturated heterocycles. The van der Waals surface area contributed by atoms with E-state index in [2.05, 4.69) is 88.8 Å². The number of benzene rings is 2. The highest BCUT2D eigenvalue weighted by atomic mass is 79.9. The molecule has 0 radical (unpaired) electrons. The standard InChI is InChI=1S/C24H33BrN2OS/c1-17-11-22(9-10-23(17)25)29-27(4)16-21(28)15-26-24(2,3)14-18-12-19-7-5-6-8-20(19)13-18/h5-11,18,21,26,28H,12-16H2,1-4H3. The van der Waals surface area contributed by atoms with Crippen LogP contribution in [0.4, 0.5) is 0 Å². The van der Waals surface area contributed by atoms with Crippen molar-refractivity contribution in [1.82, 2.24) is 9.62 Å². The Balaban J connectivity index is 1.42. The summed E-state index contributed by atoms with van der Waals surface area (Å²) >= 11 is 5.22. The van der Waals surface area contributed by atoms with Crippen molar-refractivity contribution in [3.8, 4) is 0 Å². The first-order valence-corrected chi connectivity index (χ1v) is 11.9. The van der Waals surface area contributed by atoms with Gasteiger partial charge in [-0.15, -0.1) is 0 Å². The van der Waals surface area contributed by atoms with E-state index < -0.39 is 6.10 Å². The summed E-state index contributed by atoms with van der Waals surface area (Å²) < 4.78 is 3.23. The number of halogens is 1. The molecule has 29 heavy (non-hydrogen) atoms. The molecule has 2 aromatic rings. The van der Waals surface area contributed by atoms with Gasteiger partial charge < -0.3 is 10.4 Å². The molecule has 0 saturated carbocycles. The fourth-order valence-corrected chi connectivity index (χ4v) is 5.45. The van der Waals surface area contributed by atoms with E-state index in [9.17, 15) is 5.11 Å². The monoisotopic (exact) mass is 476 g/mol. The van der Waals surface area contributed by atoms with Crippen LogP contribution in [0.25, 0.3) is 0 Å². The summed E-state index contributed by atoms with van der Waals surface area (Å²) in [7, 11) is 2.03. The summed E-state index contributed by atoms with van der Waals surface area (Å²) in [6.45, 7) is 7.84. The van der Waals surface area contributed by atoms with Crippen LogP contribution in [0.15, 0.2) is 51.8 Å². The lowest BCUT2D eigenvalue weighted by atomic mass is 9.88. The maximum absolute atomic E-state index is 10.5. The number of aliphatic hydroxyl groups excluding tert-OH is 1. The molecule has 2 N–H and O–H groups in total. The number of aliphatic hydroxyl groups is 1. The second kappa shape index (κ2) is 9.97. The van der Waals surface area contributed by atoms with Crippen LogP contribution < -0.4 is 5.32 Å². The van der Waals surface area contributed by atoms with Crippen LogP contribution >= 0.6 is 27.9 Å². The zero-order chi connectivity index (χ0) is 21.0. The van der Waals surface area contributed by atoms with E-state index >= 15 is 0 Å². The second-order valence-electron chi connectivity index (χ2n) is 8.98. The minimum Gasteiger partial charge on any atom is -0.390 e. The molecular formula is C24H33BrN2OS. The minimum atomic E-state index is -0.399. The Bertz CT molecular complexity index is 801. The lowest BCUT2D eigenvalue weighted by Gasteiger charge is -2.31. The predicted molar refractivity (Wildman–Crippen MR) is 127 cm³/mol. The van der Waals surface area contributed by atoms with Gasteiger partial charge in [-0.25, -0.2) is 4.31 Å². The van der Waals surface area contributed by atoms with Gasteiger partial charge in [0.2, 0.25) is 0 Å². The Morgan fingerprint density at radius 2 is 1.86 bits per heavy atom. The van der Waals surface area contributed by atoms with Crippen molar-refractivity contribution >= 4 is 27.9 Å². The van der Waals surface area contributed by atoms with Gasteiger partial charge in [0.15, 0.2) is 0 Å². The molecule has 1 atom stereocenters. The Kier molecular flexibility index (Phi) is 7.85. The van der Waals surface area contributed by atoms with Gasteiger partial charge in [0.25, 0.3) is 0 Å². The van der Waals surface area contributed by atoms with Crippen LogP contribution in [0, 0.1) is 12.8 Å². The van der Waals surface area contributed by atoms with Gasteiger partial charge in [0.05, 0.1) is 6.10 Å². The molecule has 0 bridgehead atoms. The normalized spacial score (nSPS) is 15.7. The molecule has 0 heterocycles. The zero-order valence-electron chi connectivity index (χ0n) is 17.9. The van der Waals surface area contributed by atoms with Crippen LogP contribution in [-0.2, 0) is 12.8 Å². The molecule has 1 unspecified atom stereocenters. The number of nitrogens with zero attached hydrogens (tertiary/aromatic N) is 1. The van der Waals surface area contributed by atoms with Crippen molar-refractivity contribution in [3.05, 3.63) is 63.6 Å². The molecule has 0 amide bonds. The summed E-state index contributed by atoms with van der Waals surface area (Å²) in [6.07, 6.45) is 3.08. The number of fused-ring (bicyclic) bond motifs is 1. The van der Waals surface area contributed by atoms with Gasteiger partial charge in [0.1, 0.15) is 0 Å². The Morgan fingerprint density at radius 1 is 1.21 bits per heavy atom. The van der Waals surface area contributed by atoms with Gasteiger partial charge in [-0.05, 0) is 99.8 Å². The van der Waals surface area contributed by atoms with Crippen molar-refractivity contribution in [2.75, 3.05) is 20.1 Å². The molecule has 3 rings (SSSR count). The van der Waals surface area contributed by atoms with Crippen LogP contribution in [0.5, 0.6) is 0 Å². The SMILES string of the molecule is Cc1cc(SN(C)CC(O)CNC(C)(C)CC2Cc3ccccc3C2)ccc1Br. The van der Waals surface area contributed by atoms with E-state index in [4.69, 9.17) is 0 Å². The van der Waals surface area contributed by atoms with E-state index in [1.807, 2.05) is 7.05 Å². The lowest BCUT2D eigenvalue weighted by Crippen LogP contribution is -2.46. The highest BCUT2D eigenvalue weighted by molar-refractivity contribution is 9.10. The van der Waals surface area contributed by atoms with E-state index in [0.29, 0.717) is 19.0 Å². The molecule has 1 aliphatic rings. The number of rotatable bonds is 9. The second-order valence-corrected chi connectivity index (χ2v) is 11.1. The van der Waals surface area contributed by atoms with Gasteiger partial charge >= 0.3 is 0 Å². The molecule has 3 nitrogen and oxygen atoms in total. The molecule has 0 spiro atoms. The molecule has 0 aromatic heterocycles. The predicted octanol–water partition coefficient (Wildman–Crippen LogP) is 5.23. The van der Waals surface area contributed by atoms with Gasteiger partial charge in [-0.2, -0.15) is 0 Å². The molecule has 158 valence electrons. The van der Waals surface area contributed by atoms with E-state index in [1.54, 1.807) is 11.9 Å². The fourth-order valence-electron chi connectivity index (χ4n) is 4.23. The molecule has 0 fully saturated rings. The van der Waals surface area contributed by atoms with Crippen LogP contribution in [0.2, 0.25) is 0 Å². The van der Waals surface area contributed by atoms with Crippen LogP contribution in [0.3, 0.4) is 0 Å². The highest BCUT2D eigenvalue weighted by Gasteiger charge is 2.28. The van der Waals surface area contributed by atoms with E-state index in [1.165, 1.54) is 34.4 Å². The van der Waals surface area contributed by atoms with Crippen molar-refractivity contribution in [2.45, 2.75) is 56.6 Å². The summed E-state index contributed by atoms with van der Waals surface area (Å²) in [5.74, 6) is 0.686. The Hall–Kier alpha value is -0.850. The maximum atomic E-state index is 10.5.